The molecule has 0 bridgehead atoms. The van der Waals surface area contributed by atoms with Crippen LogP contribution in [0.2, 0.25) is 0 Å². The lowest BCUT2D eigenvalue weighted by atomic mass is 10.2. The van der Waals surface area contributed by atoms with Gasteiger partial charge >= 0.3 is 13.6 Å². The molecule has 6 nitrogen and oxygen atoms in total. The Bertz CT molecular complexity index is 495. The maximum absolute atomic E-state index is 12.6. The summed E-state index contributed by atoms with van der Waals surface area (Å²) in [6.45, 7) is 5.20. The summed E-state index contributed by atoms with van der Waals surface area (Å²) in [4.78, 5) is 10.9. The second kappa shape index (κ2) is 7.55. The maximum Gasteiger partial charge on any atom is 0.351 e. The van der Waals surface area contributed by atoms with Crippen LogP contribution in [0.3, 0.4) is 0 Å². The lowest BCUT2D eigenvalue weighted by Gasteiger charge is -2.23. The quantitative estimate of drug-likeness (QED) is 0.473. The van der Waals surface area contributed by atoms with Crippen molar-refractivity contribution in [2.45, 2.75) is 26.6 Å². The third-order valence-electron chi connectivity index (χ3n) is 2.42. The van der Waals surface area contributed by atoms with Crippen LogP contribution in [0.25, 0.3) is 0 Å². The van der Waals surface area contributed by atoms with Crippen molar-refractivity contribution < 1.29 is 23.1 Å². The van der Waals surface area contributed by atoms with Crippen LogP contribution in [-0.2, 0) is 18.4 Å². The Morgan fingerprint density at radius 3 is 2.40 bits per heavy atom. The molecule has 7 heteroatoms. The highest BCUT2D eigenvalue weighted by molar-refractivity contribution is 7.54. The second-order valence-corrected chi connectivity index (χ2v) is 6.14. The Morgan fingerprint density at radius 1 is 1.30 bits per heavy atom. The summed E-state index contributed by atoms with van der Waals surface area (Å²) >= 11 is 0. The van der Waals surface area contributed by atoms with E-state index in [1.807, 2.05) is 0 Å². The average molecular weight is 301 g/mol. The Morgan fingerprint density at radius 2 is 1.90 bits per heavy atom. The molecule has 1 rings (SSSR count). The molecule has 20 heavy (non-hydrogen) atoms. The molecule has 0 spiro atoms. The predicted octanol–water partition coefficient (Wildman–Crippen LogP) is 2.84. The maximum atomic E-state index is 12.6. The molecule has 0 heterocycles. The fourth-order valence-electron chi connectivity index (χ4n) is 1.67. The van der Waals surface area contributed by atoms with Crippen LogP contribution in [-0.4, -0.2) is 19.2 Å². The van der Waals surface area contributed by atoms with Crippen LogP contribution in [0.15, 0.2) is 24.3 Å². The number of ether oxygens (including phenoxy) is 1. The van der Waals surface area contributed by atoms with Crippen molar-refractivity contribution in [1.29, 1.82) is 0 Å². The Labute approximate surface area is 118 Å². The van der Waals surface area contributed by atoms with Crippen LogP contribution in [0.1, 0.15) is 32.1 Å². The molecule has 0 aliphatic heterocycles. The number of rotatable bonds is 7. The molecule has 0 aliphatic carbocycles. The molecule has 1 aromatic carbocycles. The Kier molecular flexibility index (Phi) is 6.36. The molecule has 1 aromatic rings. The summed E-state index contributed by atoms with van der Waals surface area (Å²) in [7, 11) is -3.45. The van der Waals surface area contributed by atoms with Gasteiger partial charge in [-0.2, -0.15) is 0 Å². The third kappa shape index (κ3) is 4.42. The number of esters is 1. The minimum Gasteiger partial charge on any atom is -0.427 e. The number of benzene rings is 1. The van der Waals surface area contributed by atoms with Crippen LogP contribution in [0, 0.1) is 0 Å². The zero-order valence-corrected chi connectivity index (χ0v) is 12.8. The van der Waals surface area contributed by atoms with Gasteiger partial charge in [-0.15, -0.1) is 0 Å². The van der Waals surface area contributed by atoms with E-state index in [1.54, 1.807) is 38.1 Å². The fourth-order valence-corrected chi connectivity index (χ4v) is 3.31. The van der Waals surface area contributed by atoms with Crippen molar-refractivity contribution in [2.24, 2.45) is 5.73 Å². The molecule has 0 radical (unpaired) electrons. The number of hydrogen-bond acceptors (Lipinski definition) is 6. The molecule has 0 saturated heterocycles. The summed E-state index contributed by atoms with van der Waals surface area (Å²) in [6, 6.07) is 6.51. The summed E-state index contributed by atoms with van der Waals surface area (Å²) < 4.78 is 28.0. The van der Waals surface area contributed by atoms with Gasteiger partial charge in [-0.1, -0.05) is 12.1 Å². The van der Waals surface area contributed by atoms with E-state index in [2.05, 4.69) is 0 Å². The van der Waals surface area contributed by atoms with Crippen molar-refractivity contribution >= 4 is 13.6 Å². The first-order valence-corrected chi connectivity index (χ1v) is 7.97. The van der Waals surface area contributed by atoms with Gasteiger partial charge in [0.15, 0.2) is 0 Å². The summed E-state index contributed by atoms with van der Waals surface area (Å²) in [5, 5.41) is 0. The monoisotopic (exact) mass is 301 g/mol. The van der Waals surface area contributed by atoms with E-state index in [9.17, 15) is 9.36 Å². The Balaban J connectivity index is 3.02. The minimum absolute atomic E-state index is 0.231. The lowest BCUT2D eigenvalue weighted by molar-refractivity contribution is -0.131. The van der Waals surface area contributed by atoms with Crippen molar-refractivity contribution in [2.75, 3.05) is 13.2 Å². The van der Waals surface area contributed by atoms with Gasteiger partial charge in [-0.3, -0.25) is 9.36 Å². The Hall–Kier alpha value is -1.20. The van der Waals surface area contributed by atoms with Gasteiger partial charge in [0.25, 0.3) is 0 Å². The first kappa shape index (κ1) is 16.9. The van der Waals surface area contributed by atoms with E-state index < -0.39 is 19.3 Å². The molecule has 0 aliphatic rings. The summed E-state index contributed by atoms with van der Waals surface area (Å²) in [5.74, 6) is -1.03. The molecule has 0 aromatic heterocycles. The van der Waals surface area contributed by atoms with Crippen molar-refractivity contribution in [3.8, 4) is 5.75 Å². The topological polar surface area (TPSA) is 87.8 Å². The standard InChI is InChI=1S/C13H20NO5P/c1-4-17-20(16,18-5-2)13(14)11-7-6-8-12(9-11)19-10(3)15/h6-9,13H,4-5,14H2,1-3H3/t13-/m1/s1. The largest absolute Gasteiger partial charge is 0.427 e. The van der Waals surface area contributed by atoms with Crippen molar-refractivity contribution in [3.63, 3.8) is 0 Å². The lowest BCUT2D eigenvalue weighted by Crippen LogP contribution is -2.15. The van der Waals surface area contributed by atoms with Crippen LogP contribution >= 0.6 is 7.60 Å². The first-order chi connectivity index (χ1) is 9.42. The van der Waals surface area contributed by atoms with Gasteiger partial charge < -0.3 is 19.5 Å². The number of nitrogens with two attached hydrogens (primary N) is 1. The predicted molar refractivity (Wildman–Crippen MR) is 75.5 cm³/mol. The number of carbonyl (C=O) groups is 1. The first-order valence-electron chi connectivity index (χ1n) is 6.35. The fraction of sp³-hybridized carbons (Fsp3) is 0.462. The van der Waals surface area contributed by atoms with E-state index >= 15 is 0 Å². The van der Waals surface area contributed by atoms with E-state index in [0.717, 1.165) is 0 Å². The summed E-state index contributed by atoms with van der Waals surface area (Å²) in [5.41, 5.74) is 6.51. The van der Waals surface area contributed by atoms with Crippen LogP contribution in [0.4, 0.5) is 0 Å². The van der Waals surface area contributed by atoms with E-state index in [4.69, 9.17) is 19.5 Å². The van der Waals surface area contributed by atoms with Gasteiger partial charge in [-0.25, -0.2) is 0 Å². The van der Waals surface area contributed by atoms with E-state index in [-0.39, 0.29) is 13.2 Å². The zero-order chi connectivity index (χ0) is 15.2. The highest BCUT2D eigenvalue weighted by atomic mass is 31.2. The smallest absolute Gasteiger partial charge is 0.351 e. The molecule has 0 fully saturated rings. The van der Waals surface area contributed by atoms with Gasteiger partial charge in [0.1, 0.15) is 11.5 Å². The molecule has 0 saturated carbocycles. The van der Waals surface area contributed by atoms with Crippen molar-refractivity contribution in [3.05, 3.63) is 29.8 Å². The highest BCUT2D eigenvalue weighted by Gasteiger charge is 2.34. The number of carbonyl (C=O) groups excluding carboxylic acids is 1. The molecule has 1 atom stereocenters. The molecule has 112 valence electrons. The zero-order valence-electron chi connectivity index (χ0n) is 11.9. The normalized spacial score (nSPS) is 13.0. The second-order valence-electron chi connectivity index (χ2n) is 3.99. The van der Waals surface area contributed by atoms with Gasteiger partial charge in [0.05, 0.1) is 13.2 Å². The number of hydrogen-bond donors (Lipinski definition) is 1. The summed E-state index contributed by atoms with van der Waals surface area (Å²) in [6.07, 6.45) is 0. The van der Waals surface area contributed by atoms with Gasteiger partial charge in [0, 0.05) is 6.92 Å². The molecular weight excluding hydrogens is 281 g/mol. The van der Waals surface area contributed by atoms with Crippen LogP contribution in [0.5, 0.6) is 5.75 Å². The van der Waals surface area contributed by atoms with Gasteiger partial charge in [0.2, 0.25) is 0 Å². The molecule has 0 amide bonds. The molecule has 0 unspecified atom stereocenters. The van der Waals surface area contributed by atoms with Crippen LogP contribution < -0.4 is 10.5 Å². The molecular formula is C13H20NO5P. The van der Waals surface area contributed by atoms with E-state index in [1.165, 1.54) is 6.92 Å². The van der Waals surface area contributed by atoms with E-state index in [0.29, 0.717) is 11.3 Å². The average Bonchev–Trinajstić information content (AvgIpc) is 2.38. The highest BCUT2D eigenvalue weighted by Crippen LogP contribution is 2.58. The van der Waals surface area contributed by atoms with Gasteiger partial charge in [-0.05, 0) is 31.5 Å². The SMILES string of the molecule is CCOP(=O)(OCC)[C@@H](N)c1cccc(OC(C)=O)c1. The minimum atomic E-state index is -3.45. The third-order valence-corrected chi connectivity index (χ3v) is 4.64. The molecule has 2 N–H and O–H groups in total. The van der Waals surface area contributed by atoms with Crippen molar-refractivity contribution in [1.82, 2.24) is 0 Å².